The van der Waals surface area contributed by atoms with Gasteiger partial charge in [-0.3, -0.25) is 4.79 Å². The number of anilines is 1. The Bertz CT molecular complexity index is 465. The van der Waals surface area contributed by atoms with E-state index in [2.05, 4.69) is 27.9 Å². The van der Waals surface area contributed by atoms with E-state index in [0.717, 1.165) is 3.57 Å². The molecular weight excluding hydrogens is 359 g/mol. The van der Waals surface area contributed by atoms with E-state index < -0.39 is 12.0 Å². The highest BCUT2D eigenvalue weighted by Crippen LogP contribution is 2.14. The largest absolute Gasteiger partial charge is 0.480 e. The lowest BCUT2D eigenvalue weighted by atomic mass is 10.2. The lowest BCUT2D eigenvalue weighted by Crippen LogP contribution is -2.44. The van der Waals surface area contributed by atoms with Crippen molar-refractivity contribution in [1.82, 2.24) is 4.90 Å². The van der Waals surface area contributed by atoms with Crippen LogP contribution in [0.2, 0.25) is 0 Å². The molecule has 104 valence electrons. The number of hydrogen-bond donors (Lipinski definition) is 2. The zero-order chi connectivity index (χ0) is 14.4. The Morgan fingerprint density at radius 1 is 1.47 bits per heavy atom. The molecule has 0 aliphatic heterocycles. The van der Waals surface area contributed by atoms with Gasteiger partial charge in [-0.05, 0) is 54.1 Å². The van der Waals surface area contributed by atoms with Crippen LogP contribution in [0.3, 0.4) is 0 Å². The van der Waals surface area contributed by atoms with Crippen LogP contribution < -0.4 is 5.32 Å². The van der Waals surface area contributed by atoms with Crippen LogP contribution in [0, 0.1) is 3.57 Å². The van der Waals surface area contributed by atoms with Crippen molar-refractivity contribution in [2.75, 3.05) is 11.9 Å². The molecule has 5 nitrogen and oxygen atoms in total. The summed E-state index contributed by atoms with van der Waals surface area (Å²) in [6, 6.07) is 6.84. The molecule has 2 N–H and O–H groups in total. The standard InChI is InChI=1S/C13H17IN2O3/c1-3-9(2)16(8-12(17)18)13(19)15-11-6-4-5-10(14)7-11/h4-7,9H,3,8H2,1-2H3,(H,15,19)(H,17,18). The van der Waals surface area contributed by atoms with Gasteiger partial charge in [0.25, 0.3) is 0 Å². The quantitative estimate of drug-likeness (QED) is 0.777. The number of nitrogens with one attached hydrogen (secondary N) is 1. The highest BCUT2D eigenvalue weighted by Gasteiger charge is 2.21. The van der Waals surface area contributed by atoms with Crippen LogP contribution in [0.15, 0.2) is 24.3 Å². The first-order valence-corrected chi connectivity index (χ1v) is 7.07. The van der Waals surface area contributed by atoms with E-state index in [9.17, 15) is 9.59 Å². The lowest BCUT2D eigenvalue weighted by molar-refractivity contribution is -0.138. The summed E-state index contributed by atoms with van der Waals surface area (Å²) < 4.78 is 1.00. The number of benzene rings is 1. The zero-order valence-corrected chi connectivity index (χ0v) is 13.0. The van der Waals surface area contributed by atoms with Crippen molar-refractivity contribution in [2.24, 2.45) is 0 Å². The van der Waals surface area contributed by atoms with E-state index in [1.807, 2.05) is 32.0 Å². The molecule has 19 heavy (non-hydrogen) atoms. The third-order valence-electron chi connectivity index (χ3n) is 2.77. The van der Waals surface area contributed by atoms with Crippen LogP contribution in [0.5, 0.6) is 0 Å². The number of halogens is 1. The minimum absolute atomic E-state index is 0.126. The molecule has 1 unspecified atom stereocenters. The van der Waals surface area contributed by atoms with Crippen molar-refractivity contribution < 1.29 is 14.7 Å². The summed E-state index contributed by atoms with van der Waals surface area (Å²) in [6.45, 7) is 3.44. The fraction of sp³-hybridized carbons (Fsp3) is 0.385. The lowest BCUT2D eigenvalue weighted by Gasteiger charge is -2.27. The average molecular weight is 376 g/mol. The van der Waals surface area contributed by atoms with E-state index in [1.165, 1.54) is 4.90 Å². The first-order valence-electron chi connectivity index (χ1n) is 5.99. The van der Waals surface area contributed by atoms with Crippen molar-refractivity contribution in [3.63, 3.8) is 0 Å². The van der Waals surface area contributed by atoms with Gasteiger partial charge in [0.2, 0.25) is 0 Å². The number of amides is 2. The molecule has 0 heterocycles. The third kappa shape index (κ3) is 5.06. The summed E-state index contributed by atoms with van der Waals surface area (Å²) in [6.07, 6.45) is 0.701. The van der Waals surface area contributed by atoms with E-state index in [-0.39, 0.29) is 12.6 Å². The molecular formula is C13H17IN2O3. The van der Waals surface area contributed by atoms with Crippen molar-refractivity contribution in [3.05, 3.63) is 27.8 Å². The van der Waals surface area contributed by atoms with Gasteiger partial charge in [-0.1, -0.05) is 13.0 Å². The third-order valence-corrected chi connectivity index (χ3v) is 3.44. The fourth-order valence-corrected chi connectivity index (χ4v) is 2.10. The van der Waals surface area contributed by atoms with Gasteiger partial charge in [-0.15, -0.1) is 0 Å². The second-order valence-electron chi connectivity index (χ2n) is 4.22. The molecule has 2 amide bonds. The fourth-order valence-electron chi connectivity index (χ4n) is 1.56. The summed E-state index contributed by atoms with van der Waals surface area (Å²) in [7, 11) is 0. The van der Waals surface area contributed by atoms with E-state index in [0.29, 0.717) is 12.1 Å². The molecule has 1 rings (SSSR count). The van der Waals surface area contributed by atoms with Gasteiger partial charge in [0.15, 0.2) is 0 Å². The predicted molar refractivity (Wildman–Crippen MR) is 82.3 cm³/mol. The van der Waals surface area contributed by atoms with Gasteiger partial charge in [-0.25, -0.2) is 4.79 Å². The molecule has 0 fully saturated rings. The number of carbonyl (C=O) groups excluding carboxylic acids is 1. The van der Waals surface area contributed by atoms with Crippen molar-refractivity contribution in [2.45, 2.75) is 26.3 Å². The molecule has 6 heteroatoms. The summed E-state index contributed by atoms with van der Waals surface area (Å²) in [5, 5.41) is 11.6. The topological polar surface area (TPSA) is 69.6 Å². The van der Waals surface area contributed by atoms with Gasteiger partial charge in [0, 0.05) is 15.3 Å². The first-order chi connectivity index (χ1) is 8.93. The minimum Gasteiger partial charge on any atom is -0.480 e. The molecule has 0 radical (unpaired) electrons. The van der Waals surface area contributed by atoms with Crippen LogP contribution in [0.25, 0.3) is 0 Å². The minimum atomic E-state index is -1.02. The molecule has 0 aromatic heterocycles. The average Bonchev–Trinajstić information content (AvgIpc) is 2.34. The Morgan fingerprint density at radius 2 is 2.16 bits per heavy atom. The Kier molecular flexibility index (Phi) is 6.07. The number of rotatable bonds is 5. The van der Waals surface area contributed by atoms with Crippen LogP contribution in [0.1, 0.15) is 20.3 Å². The molecule has 0 saturated carbocycles. The Hall–Kier alpha value is -1.31. The van der Waals surface area contributed by atoms with Crippen LogP contribution in [-0.4, -0.2) is 34.6 Å². The zero-order valence-electron chi connectivity index (χ0n) is 10.9. The molecule has 0 aliphatic rings. The molecule has 1 atom stereocenters. The van der Waals surface area contributed by atoms with Crippen LogP contribution >= 0.6 is 22.6 Å². The number of carbonyl (C=O) groups is 2. The SMILES string of the molecule is CCC(C)N(CC(=O)O)C(=O)Nc1cccc(I)c1. The number of hydrogen-bond acceptors (Lipinski definition) is 2. The molecule has 1 aromatic rings. The van der Waals surface area contributed by atoms with Gasteiger partial charge < -0.3 is 15.3 Å². The summed E-state index contributed by atoms with van der Waals surface area (Å²) in [5.41, 5.74) is 0.663. The first kappa shape index (κ1) is 15.7. The summed E-state index contributed by atoms with van der Waals surface area (Å²) in [5.74, 6) is -1.02. The second-order valence-corrected chi connectivity index (χ2v) is 5.47. The normalized spacial score (nSPS) is 11.7. The number of carboxylic acid groups (broad SMARTS) is 1. The van der Waals surface area contributed by atoms with Crippen LogP contribution in [0.4, 0.5) is 10.5 Å². The highest BCUT2D eigenvalue weighted by molar-refractivity contribution is 14.1. The van der Waals surface area contributed by atoms with Crippen molar-refractivity contribution >= 4 is 40.3 Å². The predicted octanol–water partition coefficient (Wildman–Crippen LogP) is 3.01. The van der Waals surface area contributed by atoms with Gasteiger partial charge in [0.1, 0.15) is 6.54 Å². The highest BCUT2D eigenvalue weighted by atomic mass is 127. The maximum Gasteiger partial charge on any atom is 0.323 e. The molecule has 0 bridgehead atoms. The summed E-state index contributed by atoms with van der Waals surface area (Å²) >= 11 is 2.15. The van der Waals surface area contributed by atoms with E-state index in [4.69, 9.17) is 5.11 Å². The van der Waals surface area contributed by atoms with E-state index in [1.54, 1.807) is 6.07 Å². The summed E-state index contributed by atoms with van der Waals surface area (Å²) in [4.78, 5) is 24.2. The Morgan fingerprint density at radius 3 is 2.68 bits per heavy atom. The molecule has 0 spiro atoms. The molecule has 0 saturated heterocycles. The number of nitrogens with zero attached hydrogens (tertiary/aromatic N) is 1. The number of carboxylic acids is 1. The van der Waals surface area contributed by atoms with Crippen molar-refractivity contribution in [3.8, 4) is 0 Å². The Labute approximate surface area is 126 Å². The maximum atomic E-state index is 12.1. The molecule has 1 aromatic carbocycles. The van der Waals surface area contributed by atoms with Crippen LogP contribution in [-0.2, 0) is 4.79 Å². The smallest absolute Gasteiger partial charge is 0.323 e. The molecule has 0 aliphatic carbocycles. The number of aliphatic carboxylic acids is 1. The second kappa shape index (κ2) is 7.32. The van der Waals surface area contributed by atoms with Gasteiger partial charge in [0.05, 0.1) is 0 Å². The van der Waals surface area contributed by atoms with Gasteiger partial charge in [-0.2, -0.15) is 0 Å². The van der Waals surface area contributed by atoms with Crippen molar-refractivity contribution in [1.29, 1.82) is 0 Å². The van der Waals surface area contributed by atoms with Gasteiger partial charge >= 0.3 is 12.0 Å². The number of urea groups is 1. The monoisotopic (exact) mass is 376 g/mol. The Balaban J connectivity index is 2.79. The van der Waals surface area contributed by atoms with E-state index >= 15 is 0 Å². The maximum absolute atomic E-state index is 12.1.